The van der Waals surface area contributed by atoms with Gasteiger partial charge in [-0.05, 0) is 24.6 Å². The van der Waals surface area contributed by atoms with Crippen LogP contribution in [0, 0.1) is 12.7 Å². The highest BCUT2D eigenvalue weighted by molar-refractivity contribution is 6.03. The Morgan fingerprint density at radius 2 is 2.16 bits per heavy atom. The number of aryl methyl sites for hydroxylation is 1. The number of pyridine rings is 2. The number of nitrogens with one attached hydrogen (secondary N) is 1. The van der Waals surface area contributed by atoms with Crippen LogP contribution in [0.1, 0.15) is 16.1 Å². The lowest BCUT2D eigenvalue weighted by Gasteiger charge is -2.16. The molecule has 0 aliphatic rings. The molecule has 2 aromatic heterocycles. The van der Waals surface area contributed by atoms with Crippen molar-refractivity contribution in [3.8, 4) is 0 Å². The molecule has 0 fully saturated rings. The number of rotatable bonds is 2. The van der Waals surface area contributed by atoms with Crippen LogP contribution in [-0.4, -0.2) is 22.9 Å². The molecule has 98 valence electrons. The van der Waals surface area contributed by atoms with Gasteiger partial charge >= 0.3 is 0 Å². The Hall–Kier alpha value is -2.50. The maximum Gasteiger partial charge on any atom is 0.275 e. The Balaban J connectivity index is 2.33. The number of carbonyl (C=O) groups is 1. The minimum Gasteiger partial charge on any atom is -0.318 e. The van der Waals surface area contributed by atoms with Gasteiger partial charge in [0.1, 0.15) is 17.3 Å². The van der Waals surface area contributed by atoms with Gasteiger partial charge in [0, 0.05) is 13.1 Å². The first kappa shape index (κ1) is 12.9. The molecule has 2 rings (SSSR count). The summed E-state index contributed by atoms with van der Waals surface area (Å²) in [6, 6.07) is 5.77. The maximum atomic E-state index is 13.1. The van der Waals surface area contributed by atoms with E-state index in [-0.39, 0.29) is 11.3 Å². The molecule has 2 aromatic rings. The topological polar surface area (TPSA) is 66.1 Å². The van der Waals surface area contributed by atoms with Crippen LogP contribution in [-0.2, 0) is 0 Å². The number of hydrogen-bond acceptors (Lipinski definition) is 3. The lowest BCUT2D eigenvalue weighted by Crippen LogP contribution is -2.29. The van der Waals surface area contributed by atoms with Crippen molar-refractivity contribution in [3.63, 3.8) is 0 Å². The van der Waals surface area contributed by atoms with Gasteiger partial charge in [0.05, 0.1) is 6.20 Å². The largest absolute Gasteiger partial charge is 0.318 e. The Bertz CT molecular complexity index is 682. The zero-order chi connectivity index (χ0) is 14.0. The van der Waals surface area contributed by atoms with Crippen molar-refractivity contribution in [1.82, 2.24) is 9.97 Å². The van der Waals surface area contributed by atoms with Gasteiger partial charge in [-0.25, -0.2) is 9.37 Å². The van der Waals surface area contributed by atoms with Crippen molar-refractivity contribution in [2.24, 2.45) is 0 Å². The van der Waals surface area contributed by atoms with Gasteiger partial charge in [0.25, 0.3) is 5.91 Å². The third-order valence-corrected chi connectivity index (χ3v) is 2.68. The van der Waals surface area contributed by atoms with Crippen molar-refractivity contribution in [2.75, 3.05) is 11.9 Å². The number of aromatic nitrogens is 2. The molecule has 0 saturated heterocycles. The molecular formula is C13H12FN3O2. The van der Waals surface area contributed by atoms with Crippen molar-refractivity contribution in [2.45, 2.75) is 6.92 Å². The lowest BCUT2D eigenvalue weighted by molar-refractivity contribution is 0.0987. The van der Waals surface area contributed by atoms with E-state index in [1.54, 1.807) is 6.92 Å². The summed E-state index contributed by atoms with van der Waals surface area (Å²) in [4.78, 5) is 30.8. The lowest BCUT2D eigenvalue weighted by atomic mass is 10.2. The zero-order valence-electron chi connectivity index (χ0n) is 10.5. The third kappa shape index (κ3) is 2.67. The SMILES string of the molecule is Cc1cc(N(C)C(=O)c2cccc(=O)[nH]2)ncc1F. The molecule has 1 N–H and O–H groups in total. The second kappa shape index (κ2) is 5.01. The quantitative estimate of drug-likeness (QED) is 0.890. The summed E-state index contributed by atoms with van der Waals surface area (Å²) in [6.45, 7) is 1.59. The van der Waals surface area contributed by atoms with Crippen LogP contribution in [0.15, 0.2) is 35.3 Å². The fraction of sp³-hybridized carbons (Fsp3) is 0.154. The van der Waals surface area contributed by atoms with Crippen molar-refractivity contribution >= 4 is 11.7 Å². The molecular weight excluding hydrogens is 249 g/mol. The summed E-state index contributed by atoms with van der Waals surface area (Å²) in [5, 5.41) is 0. The Kier molecular flexibility index (Phi) is 3.41. The number of nitrogens with zero attached hydrogens (tertiary/aromatic N) is 2. The number of anilines is 1. The normalized spacial score (nSPS) is 10.3. The van der Waals surface area contributed by atoms with Crippen molar-refractivity contribution in [3.05, 3.63) is 57.9 Å². The first-order chi connectivity index (χ1) is 8.99. The fourth-order valence-electron chi connectivity index (χ4n) is 1.57. The van der Waals surface area contributed by atoms with E-state index in [4.69, 9.17) is 0 Å². The van der Waals surface area contributed by atoms with Crippen LogP contribution in [0.3, 0.4) is 0 Å². The number of H-pyrrole nitrogens is 1. The summed E-state index contributed by atoms with van der Waals surface area (Å²) in [5.74, 6) is -0.539. The van der Waals surface area contributed by atoms with E-state index >= 15 is 0 Å². The van der Waals surface area contributed by atoms with Gasteiger partial charge in [0.2, 0.25) is 5.56 Å². The van der Waals surface area contributed by atoms with Gasteiger partial charge in [-0.3, -0.25) is 14.5 Å². The van der Waals surface area contributed by atoms with E-state index in [1.165, 1.54) is 36.2 Å². The second-order valence-electron chi connectivity index (χ2n) is 4.08. The predicted molar refractivity (Wildman–Crippen MR) is 68.7 cm³/mol. The third-order valence-electron chi connectivity index (χ3n) is 2.68. The first-order valence-corrected chi connectivity index (χ1v) is 5.58. The summed E-state index contributed by atoms with van der Waals surface area (Å²) in [6.07, 6.45) is 1.06. The molecule has 0 saturated carbocycles. The van der Waals surface area contributed by atoms with E-state index in [2.05, 4.69) is 9.97 Å². The molecule has 0 unspecified atom stereocenters. The van der Waals surface area contributed by atoms with Crippen molar-refractivity contribution < 1.29 is 9.18 Å². The molecule has 2 heterocycles. The predicted octanol–water partition coefficient (Wildman–Crippen LogP) is 1.49. The van der Waals surface area contributed by atoms with Crippen molar-refractivity contribution in [1.29, 1.82) is 0 Å². The maximum absolute atomic E-state index is 13.1. The highest BCUT2D eigenvalue weighted by atomic mass is 19.1. The molecule has 0 bridgehead atoms. The molecule has 0 spiro atoms. The van der Waals surface area contributed by atoms with E-state index in [0.29, 0.717) is 11.4 Å². The standard InChI is InChI=1S/C13H12FN3O2/c1-8-6-11(15-7-9(8)14)17(2)13(19)10-4-3-5-12(18)16-10/h3-7H,1-2H3,(H,16,18). The van der Waals surface area contributed by atoms with Gasteiger partial charge in [0.15, 0.2) is 0 Å². The number of carbonyl (C=O) groups excluding carboxylic acids is 1. The summed E-state index contributed by atoms with van der Waals surface area (Å²) in [7, 11) is 1.51. The average molecular weight is 261 g/mol. The average Bonchev–Trinajstić information content (AvgIpc) is 2.40. The van der Waals surface area contributed by atoms with E-state index < -0.39 is 11.7 Å². The number of halogens is 1. The van der Waals surface area contributed by atoms with Gasteiger partial charge in [-0.15, -0.1) is 0 Å². The number of amides is 1. The minimum absolute atomic E-state index is 0.152. The Morgan fingerprint density at radius 3 is 2.79 bits per heavy atom. The zero-order valence-corrected chi connectivity index (χ0v) is 10.5. The summed E-state index contributed by atoms with van der Waals surface area (Å²) < 4.78 is 13.1. The van der Waals surface area contributed by atoms with Crippen LogP contribution < -0.4 is 10.5 Å². The molecule has 0 aromatic carbocycles. The monoisotopic (exact) mass is 261 g/mol. The van der Waals surface area contributed by atoms with Gasteiger partial charge in [-0.1, -0.05) is 6.07 Å². The van der Waals surface area contributed by atoms with Crippen LogP contribution >= 0.6 is 0 Å². The van der Waals surface area contributed by atoms with Gasteiger partial charge < -0.3 is 4.98 Å². The molecule has 0 aliphatic carbocycles. The van der Waals surface area contributed by atoms with Crippen LogP contribution in [0.5, 0.6) is 0 Å². The number of hydrogen-bond donors (Lipinski definition) is 1. The fourth-order valence-corrected chi connectivity index (χ4v) is 1.57. The molecule has 1 amide bonds. The number of aromatic amines is 1. The minimum atomic E-state index is -0.433. The first-order valence-electron chi connectivity index (χ1n) is 5.58. The summed E-state index contributed by atoms with van der Waals surface area (Å²) in [5.41, 5.74) is 0.187. The molecule has 5 nitrogen and oxygen atoms in total. The van der Waals surface area contributed by atoms with E-state index in [9.17, 15) is 14.0 Å². The highest BCUT2D eigenvalue weighted by Crippen LogP contribution is 2.15. The van der Waals surface area contributed by atoms with Crippen LogP contribution in [0.2, 0.25) is 0 Å². The van der Waals surface area contributed by atoms with Crippen LogP contribution in [0.25, 0.3) is 0 Å². The van der Waals surface area contributed by atoms with Gasteiger partial charge in [-0.2, -0.15) is 0 Å². The van der Waals surface area contributed by atoms with Crippen LogP contribution in [0.4, 0.5) is 10.2 Å². The molecule has 6 heteroatoms. The Morgan fingerprint density at radius 1 is 1.42 bits per heavy atom. The van der Waals surface area contributed by atoms with E-state index in [1.807, 2.05) is 0 Å². The molecule has 0 radical (unpaired) electrons. The Labute approximate surface area is 108 Å². The smallest absolute Gasteiger partial charge is 0.275 e. The molecule has 19 heavy (non-hydrogen) atoms. The highest BCUT2D eigenvalue weighted by Gasteiger charge is 2.16. The second-order valence-corrected chi connectivity index (χ2v) is 4.08. The molecule has 0 aliphatic heterocycles. The summed E-state index contributed by atoms with van der Waals surface area (Å²) >= 11 is 0. The molecule has 0 atom stereocenters. The van der Waals surface area contributed by atoms with E-state index in [0.717, 1.165) is 6.20 Å².